The van der Waals surface area contributed by atoms with Gasteiger partial charge in [-0.25, -0.2) is 4.79 Å². The Morgan fingerprint density at radius 3 is 2.79 bits per heavy atom. The van der Waals surface area contributed by atoms with E-state index in [9.17, 15) is 18.4 Å². The van der Waals surface area contributed by atoms with E-state index in [4.69, 9.17) is 9.84 Å². The maximum atomic E-state index is 13.7. The summed E-state index contributed by atoms with van der Waals surface area (Å²) in [5.74, 6) is -5.27. The number of carboxylic acids is 1. The first kappa shape index (κ1) is 13.4. The Morgan fingerprint density at radius 1 is 1.53 bits per heavy atom. The van der Waals surface area contributed by atoms with Crippen LogP contribution in [0.25, 0.3) is 0 Å². The lowest BCUT2D eigenvalue weighted by molar-refractivity contribution is -0.138. The maximum absolute atomic E-state index is 13.7. The molecule has 0 radical (unpaired) electrons. The summed E-state index contributed by atoms with van der Waals surface area (Å²) >= 11 is 0. The van der Waals surface area contributed by atoms with Crippen LogP contribution in [0.4, 0.5) is 8.78 Å². The summed E-state index contributed by atoms with van der Waals surface area (Å²) in [6.07, 6.45) is -0.470. The van der Waals surface area contributed by atoms with Gasteiger partial charge < -0.3 is 9.84 Å². The average Bonchev–Trinajstić information content (AvgIpc) is 2.79. The zero-order valence-electron chi connectivity index (χ0n) is 10.2. The summed E-state index contributed by atoms with van der Waals surface area (Å²) < 4.78 is 32.8. The Balaban J connectivity index is 2.49. The molecule has 0 spiro atoms. The summed E-state index contributed by atoms with van der Waals surface area (Å²) in [6, 6.07) is 0. The number of esters is 1. The molecule has 0 bridgehead atoms. The van der Waals surface area contributed by atoms with E-state index >= 15 is 0 Å². The van der Waals surface area contributed by atoms with Crippen LogP contribution < -0.4 is 0 Å². The zero-order chi connectivity index (χ0) is 14.2. The lowest BCUT2D eigenvalue weighted by Crippen LogP contribution is -2.20. The number of nitrogens with zero attached hydrogens (tertiary/aromatic N) is 2. The molecule has 1 aromatic heterocycles. The van der Waals surface area contributed by atoms with Crippen LogP contribution in [0.1, 0.15) is 35.1 Å². The van der Waals surface area contributed by atoms with Gasteiger partial charge in [0.25, 0.3) is 5.92 Å². The number of alkyl halides is 2. The van der Waals surface area contributed by atoms with Gasteiger partial charge in [-0.2, -0.15) is 13.9 Å². The molecule has 0 saturated carbocycles. The quantitative estimate of drug-likeness (QED) is 0.834. The molecule has 0 atom stereocenters. The van der Waals surface area contributed by atoms with Crippen LogP contribution >= 0.6 is 0 Å². The van der Waals surface area contributed by atoms with Gasteiger partial charge in [-0.05, 0) is 13.3 Å². The van der Waals surface area contributed by atoms with Gasteiger partial charge in [0, 0.05) is 12.0 Å². The Bertz CT molecular complexity index is 539. The van der Waals surface area contributed by atoms with E-state index < -0.39 is 36.5 Å². The third kappa shape index (κ3) is 2.29. The number of carbonyl (C=O) groups excluding carboxylic acids is 1. The number of rotatable bonds is 4. The first-order valence-electron chi connectivity index (χ1n) is 5.73. The van der Waals surface area contributed by atoms with Gasteiger partial charge in [0.2, 0.25) is 0 Å². The molecule has 2 rings (SSSR count). The largest absolute Gasteiger partial charge is 0.480 e. The van der Waals surface area contributed by atoms with Gasteiger partial charge >= 0.3 is 11.9 Å². The van der Waals surface area contributed by atoms with E-state index in [0.717, 1.165) is 0 Å². The van der Waals surface area contributed by atoms with Gasteiger partial charge in [-0.15, -0.1) is 0 Å². The number of hydrogen-bond acceptors (Lipinski definition) is 4. The first-order valence-corrected chi connectivity index (χ1v) is 5.73. The van der Waals surface area contributed by atoms with Crippen LogP contribution in [-0.2, 0) is 28.4 Å². The molecule has 0 saturated heterocycles. The summed E-state index contributed by atoms with van der Waals surface area (Å²) in [4.78, 5) is 22.3. The average molecular weight is 274 g/mol. The monoisotopic (exact) mass is 274 g/mol. The molecule has 1 N–H and O–H groups in total. The van der Waals surface area contributed by atoms with Gasteiger partial charge in [0.05, 0.1) is 6.61 Å². The number of halogens is 2. The molecule has 0 aliphatic heterocycles. The van der Waals surface area contributed by atoms with Gasteiger partial charge in [-0.3, -0.25) is 9.48 Å². The van der Waals surface area contributed by atoms with E-state index in [1.165, 1.54) is 0 Å². The van der Waals surface area contributed by atoms with Crippen molar-refractivity contribution in [3.8, 4) is 0 Å². The molecule has 6 nitrogen and oxygen atoms in total. The van der Waals surface area contributed by atoms with E-state index in [-0.39, 0.29) is 24.3 Å². The molecule has 1 aliphatic rings. The molecule has 0 aromatic carbocycles. The molecule has 0 unspecified atom stereocenters. The molecule has 19 heavy (non-hydrogen) atoms. The van der Waals surface area contributed by atoms with Crippen molar-refractivity contribution in [2.45, 2.75) is 32.2 Å². The van der Waals surface area contributed by atoms with Crippen LogP contribution in [0, 0.1) is 0 Å². The minimum atomic E-state index is -3.16. The van der Waals surface area contributed by atoms with E-state index in [0.29, 0.717) is 4.68 Å². The molecular formula is C11H12F2N2O4. The number of hydrogen-bond donors (Lipinski definition) is 1. The Kier molecular flexibility index (Phi) is 3.25. The molecular weight excluding hydrogens is 262 g/mol. The number of carboxylic acid groups (broad SMARTS) is 1. The Labute approximate surface area is 107 Å². The Morgan fingerprint density at radius 2 is 2.21 bits per heavy atom. The molecule has 8 heteroatoms. The van der Waals surface area contributed by atoms with Crippen molar-refractivity contribution < 1.29 is 28.2 Å². The molecule has 1 aromatic rings. The van der Waals surface area contributed by atoms with Crippen LogP contribution in [0.2, 0.25) is 0 Å². The number of fused-ring (bicyclic) bond motifs is 1. The Hall–Kier alpha value is -1.99. The molecule has 104 valence electrons. The fourth-order valence-corrected chi connectivity index (χ4v) is 2.15. The molecule has 1 heterocycles. The maximum Gasteiger partial charge on any atom is 0.359 e. The van der Waals surface area contributed by atoms with E-state index in [1.807, 2.05) is 0 Å². The molecule has 0 amide bonds. The lowest BCUT2D eigenvalue weighted by atomic mass is 10.2. The second-order valence-corrected chi connectivity index (χ2v) is 4.15. The van der Waals surface area contributed by atoms with Crippen molar-refractivity contribution in [2.24, 2.45) is 0 Å². The lowest BCUT2D eigenvalue weighted by Gasteiger charge is -2.11. The van der Waals surface area contributed by atoms with Gasteiger partial charge in [0.15, 0.2) is 5.69 Å². The second kappa shape index (κ2) is 4.60. The third-order valence-electron chi connectivity index (χ3n) is 2.84. The number of aliphatic carboxylic acids is 1. The minimum absolute atomic E-state index is 0.0178. The standard InChI is InChI=1S/C11H12F2N2O4/c1-2-19-10(18)8-6-3-4-11(12,13)9(6)15(14-8)5-7(16)17/h2-5H2,1H3,(H,16,17). The summed E-state index contributed by atoms with van der Waals surface area (Å²) in [5.41, 5.74) is -0.613. The number of carbonyl (C=O) groups is 2. The zero-order valence-corrected chi connectivity index (χ0v) is 10.2. The molecule has 0 fully saturated rings. The van der Waals surface area contributed by atoms with E-state index in [1.54, 1.807) is 6.92 Å². The van der Waals surface area contributed by atoms with Crippen molar-refractivity contribution >= 4 is 11.9 Å². The normalized spacial score (nSPS) is 16.2. The summed E-state index contributed by atoms with van der Waals surface area (Å²) in [6.45, 7) is 0.966. The second-order valence-electron chi connectivity index (χ2n) is 4.15. The highest BCUT2D eigenvalue weighted by Crippen LogP contribution is 2.43. The van der Waals surface area contributed by atoms with Crippen LogP contribution in [0.3, 0.4) is 0 Å². The van der Waals surface area contributed by atoms with Crippen LogP contribution in [0.15, 0.2) is 0 Å². The number of aromatic nitrogens is 2. The summed E-state index contributed by atoms with van der Waals surface area (Å²) in [7, 11) is 0. The van der Waals surface area contributed by atoms with Crippen LogP contribution in [0.5, 0.6) is 0 Å². The predicted molar refractivity (Wildman–Crippen MR) is 58.0 cm³/mol. The fourth-order valence-electron chi connectivity index (χ4n) is 2.15. The van der Waals surface area contributed by atoms with Crippen molar-refractivity contribution in [3.05, 3.63) is 17.0 Å². The highest BCUT2D eigenvalue weighted by atomic mass is 19.3. The minimum Gasteiger partial charge on any atom is -0.480 e. The van der Waals surface area contributed by atoms with Crippen molar-refractivity contribution in [1.29, 1.82) is 0 Å². The van der Waals surface area contributed by atoms with Gasteiger partial charge in [0.1, 0.15) is 12.2 Å². The third-order valence-corrected chi connectivity index (χ3v) is 2.84. The smallest absolute Gasteiger partial charge is 0.359 e. The highest BCUT2D eigenvalue weighted by molar-refractivity contribution is 5.89. The SMILES string of the molecule is CCOC(=O)c1nn(CC(=O)O)c2c1CCC2(F)F. The highest BCUT2D eigenvalue weighted by Gasteiger charge is 2.46. The van der Waals surface area contributed by atoms with Crippen molar-refractivity contribution in [2.75, 3.05) is 6.61 Å². The summed E-state index contributed by atoms with van der Waals surface area (Å²) in [5, 5.41) is 12.4. The van der Waals surface area contributed by atoms with Crippen molar-refractivity contribution in [1.82, 2.24) is 9.78 Å². The first-order chi connectivity index (χ1) is 8.86. The topological polar surface area (TPSA) is 81.4 Å². The predicted octanol–water partition coefficient (Wildman–Crippen LogP) is 1.18. The van der Waals surface area contributed by atoms with Crippen molar-refractivity contribution in [3.63, 3.8) is 0 Å². The molecule has 1 aliphatic carbocycles. The van der Waals surface area contributed by atoms with Gasteiger partial charge in [-0.1, -0.05) is 0 Å². The van der Waals surface area contributed by atoms with E-state index in [2.05, 4.69) is 5.10 Å². The van der Waals surface area contributed by atoms with Crippen LogP contribution in [-0.4, -0.2) is 33.4 Å². The fraction of sp³-hybridized carbons (Fsp3) is 0.545. The number of ether oxygens (including phenoxy) is 1.